The Labute approximate surface area is 258 Å². The van der Waals surface area contributed by atoms with Crippen LogP contribution in [0.5, 0.6) is 0 Å². The number of hydrogen-bond acceptors (Lipinski definition) is 9. The Morgan fingerprint density at radius 3 is 1.11 bits per heavy atom. The first-order valence-corrected chi connectivity index (χ1v) is 18.8. The van der Waals surface area contributed by atoms with Crippen LogP contribution in [0, 0.1) is 0 Å². The van der Waals surface area contributed by atoms with Crippen molar-refractivity contribution in [2.24, 2.45) is 0 Å². The van der Waals surface area contributed by atoms with Gasteiger partial charge in [-0.05, 0) is 16.7 Å². The van der Waals surface area contributed by atoms with Gasteiger partial charge in [-0.3, -0.25) is 63.3 Å². The van der Waals surface area contributed by atoms with Crippen molar-refractivity contribution in [2.75, 3.05) is 28.2 Å². The van der Waals surface area contributed by atoms with Gasteiger partial charge < -0.3 is 9.79 Å². The van der Waals surface area contributed by atoms with E-state index in [2.05, 4.69) is 10.3 Å². The van der Waals surface area contributed by atoms with Crippen molar-refractivity contribution in [3.63, 3.8) is 0 Å². The number of carbonyl (C=O) groups excluding carboxylic acids is 1. The number of para-hydroxylation sites is 1. The summed E-state index contributed by atoms with van der Waals surface area (Å²) < 4.78 is 120. The maximum absolute atomic E-state index is 10.4. The first-order chi connectivity index (χ1) is 20.1. The largest absolute Gasteiger partial charge is 0.753 e. The first kappa shape index (κ1) is 54.8. The second-order valence-corrected chi connectivity index (χ2v) is 12.6. The zero-order chi connectivity index (χ0) is 39.4. The lowest BCUT2D eigenvalue weighted by molar-refractivity contribution is -0.244. The van der Waals surface area contributed by atoms with Crippen molar-refractivity contribution >= 4 is 64.5 Å². The fraction of sp³-hybridized carbons (Fsp3) is 0.364. The number of amides is 2. The van der Waals surface area contributed by atoms with Crippen molar-refractivity contribution in [3.8, 4) is 0 Å². The average Bonchev–Trinajstić information content (AvgIpc) is 3.07. The molecule has 36 heteroatoms. The summed E-state index contributed by atoms with van der Waals surface area (Å²) in [5, 5.41) is 8.00. The summed E-state index contributed by atoms with van der Waals surface area (Å²) in [4.78, 5) is 90.2. The molecule has 1 aromatic carbocycles. The van der Waals surface area contributed by atoms with Gasteiger partial charge in [-0.25, -0.2) is 22.8 Å². The summed E-state index contributed by atoms with van der Waals surface area (Å²) in [5.74, 6) is 0. The van der Waals surface area contributed by atoms with Crippen LogP contribution in [0.3, 0.4) is 0 Å². The molecule has 1 atom stereocenters. The summed E-state index contributed by atoms with van der Waals surface area (Å²) >= 11 is 0. The van der Waals surface area contributed by atoms with E-state index in [1.54, 1.807) is 0 Å². The zero-order valence-corrected chi connectivity index (χ0v) is 28.5. The highest BCUT2D eigenvalue weighted by Crippen LogP contribution is 2.36. The van der Waals surface area contributed by atoms with E-state index in [-0.39, 0.29) is 0 Å². The summed E-state index contributed by atoms with van der Waals surface area (Å²) in [5.41, 5.74) is 1.65. The minimum atomic E-state index is -5.39. The predicted molar refractivity (Wildman–Crippen MR) is 142 cm³/mol. The van der Waals surface area contributed by atoms with Gasteiger partial charge in [-0.1, -0.05) is 12.1 Å². The standard InChI is InChI=1S/C11H16N5O.6FH2O3P/c1-14(2)11(15(3)4)17-16-10-8-6-5-7-9(10)12-13-16;6*1-5(2,3)4/h5-8H,1-4H3;6*(H2,2,3,4)/q+1;;;;;;/p-1. The molecule has 0 spiro atoms. The van der Waals surface area contributed by atoms with Gasteiger partial charge in [0.05, 0.1) is 0 Å². The van der Waals surface area contributed by atoms with Crippen molar-refractivity contribution in [1.82, 2.24) is 25.0 Å². The highest BCUT2D eigenvalue weighted by Gasteiger charge is 2.22. The molecule has 11 N–H and O–H groups in total. The van der Waals surface area contributed by atoms with Crippen LogP contribution in [-0.2, 0) is 27.4 Å². The topological polar surface area (TPSA) is 396 Å². The fourth-order valence-corrected chi connectivity index (χ4v) is 1.56. The normalized spacial score (nSPS) is 12.3. The molecule has 0 aliphatic heterocycles. The SMILES string of the molecule is CN(C)C(=[O+]n1nnc2ccccc21)N(C)C.O=P(O)(O)F.O=P(O)(O)F.O=P(O)(O)F.O=P(O)(O)F.O=P(O)(O)F.O=P([O-])(O)F. The fourth-order valence-electron chi connectivity index (χ4n) is 1.56. The molecule has 24 nitrogen and oxygen atoms in total. The summed E-state index contributed by atoms with van der Waals surface area (Å²) in [6, 6.07) is 8.34. The summed E-state index contributed by atoms with van der Waals surface area (Å²) in [6.45, 7) is 0. The van der Waals surface area contributed by atoms with Gasteiger partial charge in [0.15, 0.2) is 5.52 Å². The number of nitrogens with zero attached hydrogens (tertiary/aromatic N) is 5. The highest BCUT2D eigenvalue weighted by atomic mass is 31.2. The van der Waals surface area contributed by atoms with Crippen LogP contribution in [0.15, 0.2) is 24.3 Å². The molecular weight excluding hydrogens is 806 g/mol. The average molecular weight is 833 g/mol. The van der Waals surface area contributed by atoms with Gasteiger partial charge in [0, 0.05) is 33.4 Å². The van der Waals surface area contributed by atoms with Crippen LogP contribution in [0.4, 0.5) is 29.7 Å². The Balaban J connectivity index is -0.000000164. The van der Waals surface area contributed by atoms with E-state index in [1.165, 1.54) is 4.85 Å². The van der Waals surface area contributed by atoms with Crippen LogP contribution in [0.1, 0.15) is 0 Å². The molecule has 47 heavy (non-hydrogen) atoms. The van der Waals surface area contributed by atoms with Gasteiger partial charge in [0.25, 0.3) is 0 Å². The molecule has 0 fully saturated rings. The number of rotatable bonds is 1. The lowest BCUT2D eigenvalue weighted by atomic mass is 10.3. The number of halogens is 6. The van der Waals surface area contributed by atoms with Crippen LogP contribution < -0.4 is 4.89 Å². The molecule has 1 aromatic heterocycles. The van der Waals surface area contributed by atoms with E-state index in [1.807, 2.05) is 62.3 Å². The Kier molecular flexibility index (Phi) is 27.6. The lowest BCUT2D eigenvalue weighted by Gasteiger charge is -2.10. The predicted octanol–water partition coefficient (Wildman–Crippen LogP) is 0.633. The first-order valence-electron chi connectivity index (χ1n) is 9.79. The van der Waals surface area contributed by atoms with Crippen LogP contribution in [0.25, 0.3) is 11.0 Å². The third-order valence-corrected chi connectivity index (χ3v) is 2.25. The van der Waals surface area contributed by atoms with E-state index in [0.29, 0.717) is 6.03 Å². The van der Waals surface area contributed by atoms with Gasteiger partial charge in [-0.15, -0.1) is 26.1 Å². The minimum Gasteiger partial charge on any atom is -0.753 e. The second-order valence-electron chi connectivity index (χ2n) is 6.93. The molecule has 1 unspecified atom stereocenters. The van der Waals surface area contributed by atoms with Crippen molar-refractivity contribution in [1.29, 1.82) is 0 Å². The quantitative estimate of drug-likeness (QED) is 0.107. The molecule has 2 amide bonds. The number of benzene rings is 1. The third kappa shape index (κ3) is 86.4. The second kappa shape index (κ2) is 23.7. The molecule has 0 radical (unpaired) electrons. The lowest BCUT2D eigenvalue weighted by Crippen LogP contribution is -2.35. The summed E-state index contributed by atoms with van der Waals surface area (Å²) in [6.07, 6.45) is 0. The smallest absolute Gasteiger partial charge is 0.554 e. The monoisotopic (exact) mass is 833 g/mol. The Morgan fingerprint density at radius 1 is 0.638 bits per heavy atom. The molecule has 2 aromatic rings. The van der Waals surface area contributed by atoms with E-state index in [4.69, 9.17) is 90.6 Å². The van der Waals surface area contributed by atoms with E-state index >= 15 is 0 Å². The van der Waals surface area contributed by atoms with E-state index < -0.39 is 47.4 Å². The molecule has 0 aliphatic carbocycles. The van der Waals surface area contributed by atoms with Gasteiger partial charge >= 0.3 is 53.5 Å². The van der Waals surface area contributed by atoms with Gasteiger partial charge in [-0.2, -0.15) is 4.20 Å². The Morgan fingerprint density at radius 2 is 0.872 bits per heavy atom. The molecule has 0 bridgehead atoms. The maximum Gasteiger partial charge on any atom is 0.554 e. The molecular formula is C11H27F6N5O19P6. The number of aromatic nitrogens is 3. The van der Waals surface area contributed by atoms with Crippen molar-refractivity contribution in [3.05, 3.63) is 24.3 Å². The van der Waals surface area contributed by atoms with Gasteiger partial charge in [0.1, 0.15) is 10.4 Å². The van der Waals surface area contributed by atoms with Crippen molar-refractivity contribution < 1.29 is 116 Å². The van der Waals surface area contributed by atoms with E-state index in [0.717, 1.165) is 11.0 Å². The molecule has 1 heterocycles. The molecule has 0 saturated heterocycles. The van der Waals surface area contributed by atoms with Crippen LogP contribution in [-0.4, -0.2) is 113 Å². The Bertz CT molecular complexity index is 1260. The molecule has 282 valence electrons. The Hall–Kier alpha value is -1.63. The molecule has 0 saturated carbocycles. The number of urea groups is 1. The molecule has 0 aliphatic rings. The van der Waals surface area contributed by atoms with Crippen LogP contribution in [0.2, 0.25) is 0 Å². The summed E-state index contributed by atoms with van der Waals surface area (Å²) in [7, 11) is -23.4. The molecule has 2 rings (SSSR count). The number of hydrogen-bond donors (Lipinski definition) is 11. The third-order valence-electron chi connectivity index (χ3n) is 2.25. The van der Waals surface area contributed by atoms with Crippen molar-refractivity contribution in [2.45, 2.75) is 0 Å². The van der Waals surface area contributed by atoms with Gasteiger partial charge in [0.2, 0.25) is 0 Å². The maximum atomic E-state index is 10.4. The highest BCUT2D eigenvalue weighted by molar-refractivity contribution is 7.46. The van der Waals surface area contributed by atoms with Crippen LogP contribution >= 0.6 is 47.4 Å². The minimum absolute atomic E-state index is 0.681. The van der Waals surface area contributed by atoms with E-state index in [9.17, 15) is 25.2 Å². The zero-order valence-electron chi connectivity index (χ0n) is 23.2. The number of fused-ring (bicyclic) bond motifs is 1.